The van der Waals surface area contributed by atoms with Crippen molar-refractivity contribution in [3.05, 3.63) is 66.1 Å². The lowest BCUT2D eigenvalue weighted by Crippen LogP contribution is -2.34. The van der Waals surface area contributed by atoms with Gasteiger partial charge in [-0.25, -0.2) is 4.39 Å². The lowest BCUT2D eigenvalue weighted by molar-refractivity contribution is -0.121. The molecule has 6 nitrogen and oxygen atoms in total. The lowest BCUT2D eigenvalue weighted by Gasteiger charge is -2.13. The summed E-state index contributed by atoms with van der Waals surface area (Å²) in [5.41, 5.74) is 1.39. The smallest absolute Gasteiger partial charge is 0.227 e. The van der Waals surface area contributed by atoms with Crippen LogP contribution < -0.4 is 5.32 Å². The summed E-state index contributed by atoms with van der Waals surface area (Å²) in [7, 11) is 0. The summed E-state index contributed by atoms with van der Waals surface area (Å²) in [4.78, 5) is 20.2. The van der Waals surface area contributed by atoms with Crippen LogP contribution in [-0.4, -0.2) is 27.1 Å². The van der Waals surface area contributed by atoms with Gasteiger partial charge in [0, 0.05) is 31.3 Å². The summed E-state index contributed by atoms with van der Waals surface area (Å²) in [6.45, 7) is 1.95. The molecule has 26 heavy (non-hydrogen) atoms. The van der Waals surface area contributed by atoms with Gasteiger partial charge < -0.3 is 9.84 Å². The zero-order chi connectivity index (χ0) is 18.4. The van der Waals surface area contributed by atoms with Crippen LogP contribution in [0.15, 0.2) is 53.3 Å². The number of hydrogen-bond acceptors (Lipinski definition) is 5. The first-order valence-corrected chi connectivity index (χ1v) is 8.37. The highest BCUT2D eigenvalue weighted by Crippen LogP contribution is 2.19. The summed E-state index contributed by atoms with van der Waals surface area (Å²) < 4.78 is 18.8. The molecule has 1 atom stereocenters. The molecule has 1 aromatic carbocycles. The van der Waals surface area contributed by atoms with E-state index < -0.39 is 5.82 Å². The molecule has 0 spiro atoms. The number of aryl methyl sites for hydroxylation is 1. The van der Waals surface area contributed by atoms with Gasteiger partial charge >= 0.3 is 0 Å². The first kappa shape index (κ1) is 17.7. The molecular weight excluding hydrogens is 335 g/mol. The van der Waals surface area contributed by atoms with E-state index in [0.29, 0.717) is 12.3 Å². The molecule has 2 heterocycles. The van der Waals surface area contributed by atoms with E-state index in [2.05, 4.69) is 20.4 Å². The molecule has 1 amide bonds. The van der Waals surface area contributed by atoms with Crippen LogP contribution in [0.1, 0.15) is 24.8 Å². The highest BCUT2D eigenvalue weighted by molar-refractivity contribution is 5.76. The number of nitrogens with one attached hydrogen (secondary N) is 1. The average Bonchev–Trinajstić information content (AvgIpc) is 3.10. The predicted molar refractivity (Wildman–Crippen MR) is 93.6 cm³/mol. The first-order chi connectivity index (χ1) is 12.6. The number of benzene rings is 1. The minimum atomic E-state index is -0.414. The molecule has 0 unspecified atom stereocenters. The summed E-state index contributed by atoms with van der Waals surface area (Å²) in [6.07, 6.45) is 4.71. The van der Waals surface area contributed by atoms with Crippen molar-refractivity contribution in [2.45, 2.75) is 32.2 Å². The van der Waals surface area contributed by atoms with Gasteiger partial charge in [0.25, 0.3) is 0 Å². The van der Waals surface area contributed by atoms with Gasteiger partial charge in [-0.1, -0.05) is 17.3 Å². The van der Waals surface area contributed by atoms with Gasteiger partial charge in [0.15, 0.2) is 0 Å². The van der Waals surface area contributed by atoms with Gasteiger partial charge in [0.05, 0.1) is 5.56 Å². The van der Waals surface area contributed by atoms with Crippen molar-refractivity contribution in [1.29, 1.82) is 0 Å². The highest BCUT2D eigenvalue weighted by atomic mass is 19.1. The molecule has 0 bridgehead atoms. The van der Waals surface area contributed by atoms with Crippen molar-refractivity contribution in [3.63, 3.8) is 0 Å². The molecule has 0 saturated carbocycles. The van der Waals surface area contributed by atoms with E-state index in [4.69, 9.17) is 4.52 Å². The molecule has 3 aromatic rings. The molecular formula is C19H19FN4O2. The molecule has 0 aliphatic carbocycles. The van der Waals surface area contributed by atoms with Crippen LogP contribution >= 0.6 is 0 Å². The maximum absolute atomic E-state index is 13.7. The number of hydrogen-bond donors (Lipinski definition) is 1. The zero-order valence-corrected chi connectivity index (χ0v) is 14.4. The maximum atomic E-state index is 13.7. The van der Waals surface area contributed by atoms with E-state index in [1.165, 1.54) is 6.07 Å². The molecule has 0 aliphatic rings. The molecule has 2 aromatic heterocycles. The Labute approximate surface area is 150 Å². The molecule has 0 aliphatic heterocycles. The third-order valence-corrected chi connectivity index (χ3v) is 3.85. The van der Waals surface area contributed by atoms with Gasteiger partial charge in [-0.3, -0.25) is 9.78 Å². The van der Waals surface area contributed by atoms with E-state index >= 15 is 0 Å². The van der Waals surface area contributed by atoms with Crippen LogP contribution in [-0.2, 0) is 17.6 Å². The second-order valence-corrected chi connectivity index (χ2v) is 6.02. The van der Waals surface area contributed by atoms with Crippen LogP contribution in [0, 0.1) is 5.82 Å². The Bertz CT molecular complexity index is 867. The molecule has 0 fully saturated rings. The number of halogens is 1. The zero-order valence-electron chi connectivity index (χ0n) is 14.4. The van der Waals surface area contributed by atoms with Crippen LogP contribution in [0.5, 0.6) is 0 Å². The second-order valence-electron chi connectivity index (χ2n) is 6.02. The van der Waals surface area contributed by atoms with Gasteiger partial charge in [0.1, 0.15) is 5.82 Å². The Hall–Kier alpha value is -3.09. The predicted octanol–water partition coefficient (Wildman–Crippen LogP) is 2.95. The van der Waals surface area contributed by atoms with E-state index in [1.54, 1.807) is 30.6 Å². The first-order valence-electron chi connectivity index (χ1n) is 8.37. The number of carbonyl (C=O) groups is 1. The lowest BCUT2D eigenvalue weighted by atomic mass is 10.1. The number of carbonyl (C=O) groups excluding carboxylic acids is 1. The molecule has 0 radical (unpaired) electrons. The summed E-state index contributed by atoms with van der Waals surface area (Å²) >= 11 is 0. The van der Waals surface area contributed by atoms with E-state index in [1.807, 2.05) is 19.1 Å². The van der Waals surface area contributed by atoms with Crippen LogP contribution in [0.3, 0.4) is 0 Å². The standard InChI is InChI=1S/C19H19FN4O2/c1-13(12-14-8-10-21-11-9-14)22-17(25)6-7-18-23-19(24-26-18)15-4-2-3-5-16(15)20/h2-5,8-11,13H,6-7,12H2,1H3,(H,22,25)/t13-/m1/s1. The van der Waals surface area contributed by atoms with Crippen LogP contribution in [0.4, 0.5) is 4.39 Å². The Morgan fingerprint density at radius 2 is 2.00 bits per heavy atom. The molecule has 1 N–H and O–H groups in total. The van der Waals surface area contributed by atoms with Gasteiger partial charge in [-0.15, -0.1) is 0 Å². The minimum Gasteiger partial charge on any atom is -0.353 e. The number of rotatable bonds is 7. The van der Waals surface area contributed by atoms with Crippen molar-refractivity contribution in [3.8, 4) is 11.4 Å². The fourth-order valence-corrected chi connectivity index (χ4v) is 2.60. The van der Waals surface area contributed by atoms with E-state index in [9.17, 15) is 9.18 Å². The fourth-order valence-electron chi connectivity index (χ4n) is 2.60. The maximum Gasteiger partial charge on any atom is 0.227 e. The van der Waals surface area contributed by atoms with Crippen molar-refractivity contribution < 1.29 is 13.7 Å². The SMILES string of the molecule is C[C@H](Cc1ccncc1)NC(=O)CCc1nc(-c2ccccc2F)no1. The molecule has 0 saturated heterocycles. The number of pyridine rings is 1. The van der Waals surface area contributed by atoms with E-state index in [0.717, 1.165) is 12.0 Å². The summed E-state index contributed by atoms with van der Waals surface area (Å²) in [5, 5.41) is 6.72. The Kier molecular flexibility index (Phi) is 5.68. The number of amides is 1. The Morgan fingerprint density at radius 3 is 2.77 bits per heavy atom. The second kappa shape index (κ2) is 8.33. The summed E-state index contributed by atoms with van der Waals surface area (Å²) in [5.74, 6) is -0.0236. The van der Waals surface area contributed by atoms with Gasteiger partial charge in [-0.2, -0.15) is 4.98 Å². The van der Waals surface area contributed by atoms with Crippen LogP contribution in [0.25, 0.3) is 11.4 Å². The van der Waals surface area contributed by atoms with Crippen molar-refractivity contribution in [2.24, 2.45) is 0 Å². The van der Waals surface area contributed by atoms with Crippen molar-refractivity contribution in [2.75, 3.05) is 0 Å². The van der Waals surface area contributed by atoms with E-state index in [-0.39, 0.29) is 29.8 Å². The average molecular weight is 354 g/mol. The Balaban J connectivity index is 1.50. The molecule has 3 rings (SSSR count). The minimum absolute atomic E-state index is 0.00145. The third-order valence-electron chi connectivity index (χ3n) is 3.85. The Morgan fingerprint density at radius 1 is 1.23 bits per heavy atom. The summed E-state index contributed by atoms with van der Waals surface area (Å²) in [6, 6.07) is 10.1. The van der Waals surface area contributed by atoms with Crippen LogP contribution in [0.2, 0.25) is 0 Å². The topological polar surface area (TPSA) is 80.9 Å². The normalized spacial score (nSPS) is 11.9. The molecule has 134 valence electrons. The number of aromatic nitrogens is 3. The van der Waals surface area contributed by atoms with Crippen molar-refractivity contribution in [1.82, 2.24) is 20.4 Å². The molecule has 7 heteroatoms. The fraction of sp³-hybridized carbons (Fsp3) is 0.263. The van der Waals surface area contributed by atoms with Gasteiger partial charge in [0.2, 0.25) is 17.6 Å². The third kappa shape index (κ3) is 4.72. The van der Waals surface area contributed by atoms with Gasteiger partial charge in [-0.05, 0) is 43.2 Å². The van der Waals surface area contributed by atoms with Crippen molar-refractivity contribution >= 4 is 5.91 Å². The quantitative estimate of drug-likeness (QED) is 0.705. The largest absolute Gasteiger partial charge is 0.353 e. The highest BCUT2D eigenvalue weighted by Gasteiger charge is 2.14. The number of nitrogens with zero attached hydrogens (tertiary/aromatic N) is 3. The monoisotopic (exact) mass is 354 g/mol.